The highest BCUT2D eigenvalue weighted by atomic mass is 35.5. The van der Waals surface area contributed by atoms with Gasteiger partial charge in [-0.1, -0.05) is 11.6 Å². The molecule has 1 aromatic carbocycles. The van der Waals surface area contributed by atoms with E-state index in [4.69, 9.17) is 20.8 Å². The molecule has 0 aliphatic carbocycles. The molecule has 0 N–H and O–H groups in total. The van der Waals surface area contributed by atoms with Gasteiger partial charge in [0.1, 0.15) is 5.82 Å². The van der Waals surface area contributed by atoms with Crippen molar-refractivity contribution in [1.82, 2.24) is 15.1 Å². The molecule has 0 bridgehead atoms. The number of benzene rings is 1. The van der Waals surface area contributed by atoms with E-state index in [0.717, 1.165) is 6.07 Å². The number of morpholine rings is 1. The highest BCUT2D eigenvalue weighted by Gasteiger charge is 2.30. The third kappa shape index (κ3) is 3.20. The van der Waals surface area contributed by atoms with Crippen LogP contribution in [0.4, 0.5) is 4.39 Å². The van der Waals surface area contributed by atoms with Gasteiger partial charge in [-0.2, -0.15) is 0 Å². The molecule has 1 fully saturated rings. The van der Waals surface area contributed by atoms with Crippen LogP contribution in [0.5, 0.6) is 0 Å². The van der Waals surface area contributed by atoms with Gasteiger partial charge in [0.2, 0.25) is 11.8 Å². The Morgan fingerprint density at radius 3 is 2.87 bits per heavy atom. The highest BCUT2D eigenvalue weighted by molar-refractivity contribution is 6.33. The molecule has 1 saturated heterocycles. The average Bonchev–Trinajstić information content (AvgIpc) is 2.97. The summed E-state index contributed by atoms with van der Waals surface area (Å²) in [7, 11) is 0. The van der Waals surface area contributed by atoms with E-state index in [1.54, 1.807) is 18.7 Å². The second-order valence-corrected chi connectivity index (χ2v) is 5.76. The van der Waals surface area contributed by atoms with E-state index < -0.39 is 11.9 Å². The predicted molar refractivity (Wildman–Crippen MR) is 79.8 cm³/mol. The van der Waals surface area contributed by atoms with Crippen molar-refractivity contribution in [1.29, 1.82) is 0 Å². The molecule has 1 amide bonds. The summed E-state index contributed by atoms with van der Waals surface area (Å²) in [6.45, 7) is 4.30. The predicted octanol–water partition coefficient (Wildman–Crippen LogP) is 2.69. The lowest BCUT2D eigenvalue weighted by Gasteiger charge is -2.31. The lowest BCUT2D eigenvalue weighted by molar-refractivity contribution is -0.0349. The molecule has 1 unspecified atom stereocenters. The summed E-state index contributed by atoms with van der Waals surface area (Å²) in [6.07, 6.45) is -0.478. The standard InChI is InChI=1S/C15H15ClFN3O3/c1-8-5-10(11(16)6-12(8)17)15(21)20-3-4-22-13(7-20)14-19-18-9(2)23-14/h5-6,13H,3-4,7H2,1-2H3. The number of nitrogens with zero attached hydrogens (tertiary/aromatic N) is 3. The van der Waals surface area contributed by atoms with Crippen LogP contribution in [0.15, 0.2) is 16.5 Å². The molecule has 1 atom stereocenters. The second kappa shape index (κ2) is 6.25. The number of aromatic nitrogens is 2. The van der Waals surface area contributed by atoms with E-state index in [1.165, 1.54) is 6.07 Å². The third-order valence-corrected chi connectivity index (χ3v) is 3.96. The summed E-state index contributed by atoms with van der Waals surface area (Å²) in [5.41, 5.74) is 0.642. The molecule has 0 spiro atoms. The topological polar surface area (TPSA) is 68.5 Å². The summed E-state index contributed by atoms with van der Waals surface area (Å²) in [6, 6.07) is 2.62. The van der Waals surface area contributed by atoms with Gasteiger partial charge in [0, 0.05) is 13.5 Å². The minimum absolute atomic E-state index is 0.0924. The fourth-order valence-corrected chi connectivity index (χ4v) is 2.65. The Morgan fingerprint density at radius 2 is 2.17 bits per heavy atom. The first-order chi connectivity index (χ1) is 11.0. The fourth-order valence-electron chi connectivity index (χ4n) is 2.42. The normalized spacial score (nSPS) is 18.3. The lowest BCUT2D eigenvalue weighted by Crippen LogP contribution is -2.42. The van der Waals surface area contributed by atoms with Crippen molar-refractivity contribution in [2.24, 2.45) is 0 Å². The minimum atomic E-state index is -0.478. The van der Waals surface area contributed by atoms with Crippen LogP contribution in [0.1, 0.15) is 33.8 Å². The van der Waals surface area contributed by atoms with Crippen molar-refractivity contribution in [3.05, 3.63) is 45.9 Å². The second-order valence-electron chi connectivity index (χ2n) is 5.35. The number of halogens is 2. The first-order valence-corrected chi connectivity index (χ1v) is 7.50. The van der Waals surface area contributed by atoms with Gasteiger partial charge in [0.15, 0.2) is 6.10 Å². The van der Waals surface area contributed by atoms with Gasteiger partial charge in [-0.3, -0.25) is 4.79 Å². The summed E-state index contributed by atoms with van der Waals surface area (Å²) >= 11 is 6.01. The SMILES string of the molecule is Cc1nnc(C2CN(C(=O)c3cc(C)c(F)cc3Cl)CCO2)o1. The quantitative estimate of drug-likeness (QED) is 0.841. The molecule has 23 heavy (non-hydrogen) atoms. The Kier molecular flexibility index (Phi) is 4.32. The third-order valence-electron chi connectivity index (χ3n) is 3.65. The van der Waals surface area contributed by atoms with Crippen LogP contribution in [0.3, 0.4) is 0 Å². The maximum absolute atomic E-state index is 13.5. The average molecular weight is 340 g/mol. The molecular weight excluding hydrogens is 325 g/mol. The number of ether oxygens (including phenoxy) is 1. The molecule has 0 saturated carbocycles. The van der Waals surface area contributed by atoms with Crippen LogP contribution in [0.2, 0.25) is 5.02 Å². The van der Waals surface area contributed by atoms with E-state index in [9.17, 15) is 9.18 Å². The fraction of sp³-hybridized carbons (Fsp3) is 0.400. The molecule has 0 radical (unpaired) electrons. The molecule has 1 aliphatic heterocycles. The highest BCUT2D eigenvalue weighted by Crippen LogP contribution is 2.26. The first-order valence-electron chi connectivity index (χ1n) is 7.12. The Labute approximate surface area is 137 Å². The zero-order chi connectivity index (χ0) is 16.6. The summed E-state index contributed by atoms with van der Waals surface area (Å²) < 4.78 is 24.4. The molecule has 1 aliphatic rings. The zero-order valence-corrected chi connectivity index (χ0v) is 13.4. The smallest absolute Gasteiger partial charge is 0.255 e. The largest absolute Gasteiger partial charge is 0.423 e. The number of hydrogen-bond donors (Lipinski definition) is 0. The number of hydrogen-bond acceptors (Lipinski definition) is 5. The summed E-state index contributed by atoms with van der Waals surface area (Å²) in [5, 5.41) is 7.78. The van der Waals surface area contributed by atoms with Crippen LogP contribution >= 0.6 is 11.6 Å². The van der Waals surface area contributed by atoms with Crippen LogP contribution < -0.4 is 0 Å². The first kappa shape index (κ1) is 15.9. The van der Waals surface area contributed by atoms with Gasteiger partial charge in [-0.05, 0) is 24.6 Å². The maximum Gasteiger partial charge on any atom is 0.255 e. The van der Waals surface area contributed by atoms with Gasteiger partial charge < -0.3 is 14.1 Å². The van der Waals surface area contributed by atoms with Gasteiger partial charge in [-0.25, -0.2) is 4.39 Å². The molecule has 2 heterocycles. The Hall–Kier alpha value is -1.99. The van der Waals surface area contributed by atoms with Crippen LogP contribution in [-0.2, 0) is 4.74 Å². The van der Waals surface area contributed by atoms with Gasteiger partial charge in [0.25, 0.3) is 5.91 Å². The summed E-state index contributed by atoms with van der Waals surface area (Å²) in [5.74, 6) is 0.0565. The lowest BCUT2D eigenvalue weighted by atomic mass is 10.1. The van der Waals surface area contributed by atoms with Crippen LogP contribution in [0, 0.1) is 19.7 Å². The Balaban J connectivity index is 1.81. The van der Waals surface area contributed by atoms with E-state index in [0.29, 0.717) is 30.5 Å². The number of rotatable bonds is 2. The van der Waals surface area contributed by atoms with E-state index in [1.807, 2.05) is 0 Å². The number of aryl methyl sites for hydroxylation is 2. The molecule has 3 rings (SSSR count). The van der Waals surface area contributed by atoms with Crippen molar-refractivity contribution < 1.29 is 18.3 Å². The van der Waals surface area contributed by atoms with Crippen molar-refractivity contribution in [2.75, 3.05) is 19.7 Å². The summed E-state index contributed by atoms with van der Waals surface area (Å²) in [4.78, 5) is 14.3. The minimum Gasteiger partial charge on any atom is -0.423 e. The van der Waals surface area contributed by atoms with Crippen molar-refractivity contribution in [3.63, 3.8) is 0 Å². The number of amides is 1. The molecule has 2 aromatic rings. The Morgan fingerprint density at radius 1 is 1.39 bits per heavy atom. The monoisotopic (exact) mass is 339 g/mol. The zero-order valence-electron chi connectivity index (χ0n) is 12.7. The van der Waals surface area contributed by atoms with Gasteiger partial charge in [-0.15, -0.1) is 10.2 Å². The van der Waals surface area contributed by atoms with E-state index in [-0.39, 0.29) is 23.0 Å². The van der Waals surface area contributed by atoms with E-state index in [2.05, 4.69) is 10.2 Å². The van der Waals surface area contributed by atoms with Crippen LogP contribution in [0.25, 0.3) is 0 Å². The molecule has 122 valence electrons. The van der Waals surface area contributed by atoms with E-state index >= 15 is 0 Å². The molecule has 8 heteroatoms. The Bertz CT molecular complexity index is 750. The number of carbonyl (C=O) groups is 1. The van der Waals surface area contributed by atoms with Gasteiger partial charge >= 0.3 is 0 Å². The molecular formula is C15H15ClFN3O3. The molecule has 1 aromatic heterocycles. The van der Waals surface area contributed by atoms with Crippen molar-refractivity contribution >= 4 is 17.5 Å². The van der Waals surface area contributed by atoms with Crippen molar-refractivity contribution in [2.45, 2.75) is 20.0 Å². The number of carbonyl (C=O) groups excluding carboxylic acids is 1. The van der Waals surface area contributed by atoms with Gasteiger partial charge in [0.05, 0.1) is 23.7 Å². The molecule has 6 nitrogen and oxygen atoms in total. The maximum atomic E-state index is 13.5. The van der Waals surface area contributed by atoms with Crippen molar-refractivity contribution in [3.8, 4) is 0 Å². The van der Waals surface area contributed by atoms with Crippen LogP contribution in [-0.4, -0.2) is 40.7 Å².